The van der Waals surface area contributed by atoms with Crippen LogP contribution in [0.3, 0.4) is 0 Å². The molecule has 0 saturated carbocycles. The highest BCUT2D eigenvalue weighted by molar-refractivity contribution is 6.42. The van der Waals surface area contributed by atoms with E-state index >= 15 is 0 Å². The summed E-state index contributed by atoms with van der Waals surface area (Å²) in [6.45, 7) is 4.15. The van der Waals surface area contributed by atoms with Gasteiger partial charge in [0.05, 0.1) is 34.9 Å². The molecule has 0 spiro atoms. The van der Waals surface area contributed by atoms with Crippen LogP contribution in [0.2, 0.25) is 10.0 Å². The van der Waals surface area contributed by atoms with Crippen LogP contribution < -0.4 is 9.64 Å². The second kappa shape index (κ2) is 8.72. The number of ether oxygens (including phenoxy) is 2. The van der Waals surface area contributed by atoms with E-state index in [0.29, 0.717) is 39.3 Å². The number of allylic oxidation sites excluding steroid dienone is 1. The third kappa shape index (κ3) is 4.16. The van der Waals surface area contributed by atoms with Crippen molar-refractivity contribution in [3.8, 4) is 5.75 Å². The highest BCUT2D eigenvalue weighted by Gasteiger charge is 2.37. The maximum Gasteiger partial charge on any atom is 0.340 e. The zero-order chi connectivity index (χ0) is 21.1. The number of nitrogens with zero attached hydrogens (tertiary/aromatic N) is 1. The molecule has 0 saturated heterocycles. The van der Waals surface area contributed by atoms with Gasteiger partial charge < -0.3 is 9.47 Å². The number of carbonyl (C=O) groups is 2. The average Bonchev–Trinajstić information content (AvgIpc) is 2.95. The summed E-state index contributed by atoms with van der Waals surface area (Å²) in [5.74, 6) is -0.224. The number of rotatable bonds is 5. The molecular weight excluding hydrogens is 413 g/mol. The van der Waals surface area contributed by atoms with Crippen LogP contribution in [0.25, 0.3) is 6.08 Å². The molecule has 1 heterocycles. The molecule has 150 valence electrons. The summed E-state index contributed by atoms with van der Waals surface area (Å²) in [6, 6.07) is 12.1. The number of benzene rings is 2. The number of anilines is 1. The van der Waals surface area contributed by atoms with Crippen LogP contribution >= 0.6 is 23.2 Å². The van der Waals surface area contributed by atoms with Gasteiger partial charge in [0.15, 0.2) is 0 Å². The van der Waals surface area contributed by atoms with Gasteiger partial charge in [-0.2, -0.15) is 0 Å². The van der Waals surface area contributed by atoms with Crippen molar-refractivity contribution in [1.82, 2.24) is 0 Å². The number of carbonyl (C=O) groups excluding carboxylic acids is 2. The van der Waals surface area contributed by atoms with Gasteiger partial charge in [-0.25, -0.2) is 4.79 Å². The van der Waals surface area contributed by atoms with E-state index in [1.54, 1.807) is 55.5 Å². The van der Waals surface area contributed by atoms with Gasteiger partial charge in [0.25, 0.3) is 5.91 Å². The second-order valence-electron chi connectivity index (χ2n) is 6.25. The quantitative estimate of drug-likeness (QED) is 0.477. The van der Waals surface area contributed by atoms with Crippen LogP contribution in [-0.4, -0.2) is 25.6 Å². The third-order valence-electron chi connectivity index (χ3n) is 4.45. The Labute approximate surface area is 179 Å². The fourth-order valence-corrected chi connectivity index (χ4v) is 3.42. The van der Waals surface area contributed by atoms with Crippen LogP contribution in [-0.2, 0) is 14.3 Å². The minimum atomic E-state index is -0.587. The largest absolute Gasteiger partial charge is 0.494 e. The van der Waals surface area contributed by atoms with Crippen molar-refractivity contribution in [2.75, 3.05) is 18.6 Å². The molecule has 2 aromatic carbocycles. The molecular formula is C22H19Cl2NO4. The van der Waals surface area contributed by atoms with Crippen molar-refractivity contribution in [1.29, 1.82) is 0 Å². The molecule has 0 bridgehead atoms. The van der Waals surface area contributed by atoms with Crippen LogP contribution in [0.5, 0.6) is 5.75 Å². The maximum atomic E-state index is 13.2. The normalized spacial score (nSPS) is 15.3. The highest BCUT2D eigenvalue weighted by atomic mass is 35.5. The first-order valence-electron chi connectivity index (χ1n) is 8.91. The zero-order valence-electron chi connectivity index (χ0n) is 16.2. The lowest BCUT2D eigenvalue weighted by atomic mass is 10.0. The molecule has 0 atom stereocenters. The molecule has 3 rings (SSSR count). The first-order valence-corrected chi connectivity index (χ1v) is 9.66. The number of esters is 1. The van der Waals surface area contributed by atoms with Gasteiger partial charge in [-0.3, -0.25) is 9.69 Å². The van der Waals surface area contributed by atoms with E-state index in [4.69, 9.17) is 32.7 Å². The van der Waals surface area contributed by atoms with Gasteiger partial charge in [-0.1, -0.05) is 29.3 Å². The van der Waals surface area contributed by atoms with E-state index in [2.05, 4.69) is 0 Å². The third-order valence-corrected chi connectivity index (χ3v) is 5.19. The number of methoxy groups -OCH3 is 1. The molecule has 7 heteroatoms. The van der Waals surface area contributed by atoms with E-state index in [9.17, 15) is 9.59 Å². The van der Waals surface area contributed by atoms with Crippen LogP contribution in [0.4, 0.5) is 5.69 Å². The van der Waals surface area contributed by atoms with E-state index in [1.807, 2.05) is 6.92 Å². The van der Waals surface area contributed by atoms with Crippen molar-refractivity contribution >= 4 is 46.8 Å². The van der Waals surface area contributed by atoms with Gasteiger partial charge in [0.1, 0.15) is 5.75 Å². The number of hydrogen-bond acceptors (Lipinski definition) is 4. The molecule has 0 N–H and O–H groups in total. The molecule has 0 radical (unpaired) electrons. The lowest BCUT2D eigenvalue weighted by Gasteiger charge is -2.18. The number of hydrogen-bond donors (Lipinski definition) is 0. The Morgan fingerprint density at radius 1 is 1.10 bits per heavy atom. The van der Waals surface area contributed by atoms with Crippen LogP contribution in [0, 0.1) is 0 Å². The Kier molecular flexibility index (Phi) is 6.30. The predicted molar refractivity (Wildman–Crippen MR) is 114 cm³/mol. The topological polar surface area (TPSA) is 55.8 Å². The molecule has 1 aliphatic heterocycles. The standard InChI is InChI=1S/C22H19Cl2NO4/c1-4-29-16-8-6-15(7-9-16)25-13(2)20(22(27)28-3)17(21(25)26)11-14-5-10-18(23)19(24)12-14/h5-12H,4H2,1-3H3/b17-11-. The van der Waals surface area contributed by atoms with Crippen molar-refractivity contribution in [2.45, 2.75) is 13.8 Å². The number of halogens is 2. The molecule has 0 aromatic heterocycles. The predicted octanol–water partition coefficient (Wildman–Crippen LogP) is 5.27. The Bertz CT molecular complexity index is 1030. The highest BCUT2D eigenvalue weighted by Crippen LogP contribution is 2.36. The van der Waals surface area contributed by atoms with E-state index in [0.717, 1.165) is 0 Å². The summed E-state index contributed by atoms with van der Waals surface area (Å²) in [5.41, 5.74) is 2.18. The van der Waals surface area contributed by atoms with E-state index < -0.39 is 5.97 Å². The Morgan fingerprint density at radius 3 is 2.38 bits per heavy atom. The molecule has 1 amide bonds. The second-order valence-corrected chi connectivity index (χ2v) is 7.07. The van der Waals surface area contributed by atoms with Crippen molar-refractivity contribution in [3.05, 3.63) is 74.9 Å². The molecule has 0 fully saturated rings. The molecule has 1 aliphatic rings. The van der Waals surface area contributed by atoms with Gasteiger partial charge in [0.2, 0.25) is 0 Å². The maximum absolute atomic E-state index is 13.2. The van der Waals surface area contributed by atoms with Gasteiger partial charge in [-0.15, -0.1) is 0 Å². The molecule has 0 aliphatic carbocycles. The molecule has 5 nitrogen and oxygen atoms in total. The minimum Gasteiger partial charge on any atom is -0.494 e. The Morgan fingerprint density at radius 2 is 1.79 bits per heavy atom. The average molecular weight is 432 g/mol. The summed E-state index contributed by atoms with van der Waals surface area (Å²) < 4.78 is 10.4. The van der Waals surface area contributed by atoms with Crippen LogP contribution in [0.1, 0.15) is 19.4 Å². The van der Waals surface area contributed by atoms with E-state index in [1.165, 1.54) is 12.0 Å². The first-order chi connectivity index (χ1) is 13.9. The number of amides is 1. The van der Waals surface area contributed by atoms with Crippen molar-refractivity contribution in [2.24, 2.45) is 0 Å². The van der Waals surface area contributed by atoms with Crippen molar-refractivity contribution < 1.29 is 19.1 Å². The first kappa shape index (κ1) is 21.0. The van der Waals surface area contributed by atoms with Gasteiger partial charge >= 0.3 is 5.97 Å². The Hall–Kier alpha value is -2.76. The fraction of sp³-hybridized carbons (Fsp3) is 0.182. The molecule has 29 heavy (non-hydrogen) atoms. The Balaban J connectivity index is 2.07. The summed E-state index contributed by atoms with van der Waals surface area (Å²) in [7, 11) is 1.28. The van der Waals surface area contributed by atoms with Gasteiger partial charge in [0, 0.05) is 11.4 Å². The summed E-state index contributed by atoms with van der Waals surface area (Å²) in [5, 5.41) is 0.762. The fourth-order valence-electron chi connectivity index (χ4n) is 3.12. The SMILES string of the molecule is CCOc1ccc(N2C(=O)/C(=C\c3ccc(Cl)c(Cl)c3)C(C(=O)OC)=C2C)cc1. The summed E-state index contributed by atoms with van der Waals surface area (Å²) in [4.78, 5) is 27.2. The monoisotopic (exact) mass is 431 g/mol. The lowest BCUT2D eigenvalue weighted by molar-refractivity contribution is -0.136. The summed E-state index contributed by atoms with van der Waals surface area (Å²) >= 11 is 12.1. The summed E-state index contributed by atoms with van der Waals surface area (Å²) in [6.07, 6.45) is 1.61. The van der Waals surface area contributed by atoms with E-state index in [-0.39, 0.29) is 17.1 Å². The lowest BCUT2D eigenvalue weighted by Crippen LogP contribution is -2.24. The molecule has 2 aromatic rings. The molecule has 0 unspecified atom stereocenters. The van der Waals surface area contributed by atoms with Gasteiger partial charge in [-0.05, 0) is 61.9 Å². The van der Waals surface area contributed by atoms with Crippen LogP contribution in [0.15, 0.2) is 59.3 Å². The smallest absolute Gasteiger partial charge is 0.340 e. The van der Waals surface area contributed by atoms with Crippen molar-refractivity contribution in [3.63, 3.8) is 0 Å². The minimum absolute atomic E-state index is 0.206. The zero-order valence-corrected chi connectivity index (χ0v) is 17.7.